The second-order valence-electron chi connectivity index (χ2n) is 11.9. The van der Waals surface area contributed by atoms with Crippen molar-refractivity contribution in [3.63, 3.8) is 0 Å². The molecule has 0 fully saturated rings. The fourth-order valence-electron chi connectivity index (χ4n) is 6.08. The fourth-order valence-corrected chi connectivity index (χ4v) is 6.08. The molecule has 0 spiro atoms. The molecule has 1 unspecified atom stereocenters. The molecule has 0 saturated heterocycles. The number of nitro benzene ring substituents is 1. The molecule has 0 bridgehead atoms. The van der Waals surface area contributed by atoms with E-state index in [-0.39, 0.29) is 34.9 Å². The quantitative estimate of drug-likeness (QED) is 0.241. The van der Waals surface area contributed by atoms with Crippen LogP contribution in [0.3, 0.4) is 0 Å². The van der Waals surface area contributed by atoms with Gasteiger partial charge in [-0.2, -0.15) is 5.26 Å². The van der Waals surface area contributed by atoms with Gasteiger partial charge in [0.2, 0.25) is 0 Å². The summed E-state index contributed by atoms with van der Waals surface area (Å²) in [7, 11) is 1.61. The lowest BCUT2D eigenvalue weighted by atomic mass is 9.68. The normalized spacial score (nSPS) is 17.8. The topological polar surface area (TPSA) is 132 Å². The van der Waals surface area contributed by atoms with Gasteiger partial charge in [-0.25, -0.2) is 0 Å². The summed E-state index contributed by atoms with van der Waals surface area (Å²) in [5, 5.41) is 22.1. The number of anilines is 1. The molecule has 5 rings (SSSR count). The van der Waals surface area contributed by atoms with Gasteiger partial charge in [0.15, 0.2) is 5.78 Å². The summed E-state index contributed by atoms with van der Waals surface area (Å²) >= 11 is 0. The van der Waals surface area contributed by atoms with Crippen LogP contribution in [0.1, 0.15) is 54.9 Å². The van der Waals surface area contributed by atoms with Gasteiger partial charge >= 0.3 is 0 Å². The van der Waals surface area contributed by atoms with E-state index in [1.54, 1.807) is 24.1 Å². The van der Waals surface area contributed by atoms with E-state index < -0.39 is 10.8 Å². The first-order chi connectivity index (χ1) is 20.4. The van der Waals surface area contributed by atoms with Gasteiger partial charge in [-0.15, -0.1) is 0 Å². The molecule has 2 N–H and O–H groups in total. The molecule has 0 amide bonds. The largest absolute Gasteiger partial charge is 0.497 e. The Kier molecular flexibility index (Phi) is 7.72. The molecule has 0 radical (unpaired) electrons. The Morgan fingerprint density at radius 2 is 1.77 bits per heavy atom. The number of nitrogens with zero attached hydrogens (tertiary/aromatic N) is 3. The monoisotopic (exact) mass is 578 g/mol. The van der Waals surface area contributed by atoms with Gasteiger partial charge in [-0.3, -0.25) is 19.8 Å². The first-order valence-corrected chi connectivity index (χ1v) is 14.0. The third-order valence-electron chi connectivity index (χ3n) is 8.17. The highest BCUT2D eigenvalue weighted by atomic mass is 16.6. The zero-order chi connectivity index (χ0) is 31.1. The predicted molar refractivity (Wildman–Crippen MR) is 163 cm³/mol. The Labute approximate surface area is 251 Å². The lowest BCUT2D eigenvalue weighted by molar-refractivity contribution is -0.384. The number of allylic oxidation sites excluding steroid dienone is 3. The van der Waals surface area contributed by atoms with Crippen LogP contribution in [0, 0.1) is 40.7 Å². The van der Waals surface area contributed by atoms with E-state index >= 15 is 0 Å². The number of nitrogens with two attached hydrogens (primary N) is 1. The molecule has 43 heavy (non-hydrogen) atoms. The summed E-state index contributed by atoms with van der Waals surface area (Å²) in [5.41, 5.74) is 11.8. The van der Waals surface area contributed by atoms with Crippen molar-refractivity contribution in [1.29, 1.82) is 5.26 Å². The number of carbonyl (C=O) groups is 1. The van der Waals surface area contributed by atoms with Crippen LogP contribution < -0.4 is 20.1 Å². The van der Waals surface area contributed by atoms with E-state index in [0.717, 1.165) is 28.0 Å². The highest BCUT2D eigenvalue weighted by molar-refractivity contribution is 6.01. The standard InChI is InChI=1S/C34H34N4O5/c1-20-13-21(2)27(14-22(20)19-43-26-11-9-25(42-5)10-12-26)31-28(18-35)33(36)37(23-7-6-8-24(15-23)38(40)41)29-16-34(3,4)17-30(39)32(29)31/h6-15,31H,16-17,19,36H2,1-5H3. The Morgan fingerprint density at radius 1 is 1.07 bits per heavy atom. The van der Waals surface area contributed by atoms with E-state index in [0.29, 0.717) is 35.5 Å². The highest BCUT2D eigenvalue weighted by Gasteiger charge is 2.45. The number of methoxy groups -OCH3 is 1. The molecule has 1 aliphatic heterocycles. The maximum absolute atomic E-state index is 14.0. The van der Waals surface area contributed by atoms with Crippen molar-refractivity contribution in [2.24, 2.45) is 11.1 Å². The van der Waals surface area contributed by atoms with Gasteiger partial charge in [0.25, 0.3) is 5.69 Å². The average molecular weight is 579 g/mol. The van der Waals surface area contributed by atoms with Crippen LogP contribution in [-0.4, -0.2) is 17.8 Å². The fraction of sp³-hybridized carbons (Fsp3) is 0.294. The summed E-state index contributed by atoms with van der Waals surface area (Å²) in [4.78, 5) is 26.8. The number of carbonyl (C=O) groups excluding carboxylic acids is 1. The van der Waals surface area contributed by atoms with Crippen LogP contribution in [0.4, 0.5) is 11.4 Å². The molecular formula is C34H34N4O5. The third-order valence-corrected chi connectivity index (χ3v) is 8.17. The minimum Gasteiger partial charge on any atom is -0.497 e. The van der Waals surface area contributed by atoms with E-state index in [9.17, 15) is 20.2 Å². The maximum Gasteiger partial charge on any atom is 0.271 e. The van der Waals surface area contributed by atoms with E-state index in [4.69, 9.17) is 15.2 Å². The van der Waals surface area contributed by atoms with Crippen LogP contribution in [0.2, 0.25) is 0 Å². The van der Waals surface area contributed by atoms with Crippen molar-refractivity contribution in [2.45, 2.75) is 53.1 Å². The number of benzene rings is 3. The van der Waals surface area contributed by atoms with Crippen LogP contribution in [0.5, 0.6) is 11.5 Å². The highest BCUT2D eigenvalue weighted by Crippen LogP contribution is 2.51. The molecule has 3 aromatic rings. The summed E-state index contributed by atoms with van der Waals surface area (Å²) in [6, 6.07) is 19.8. The van der Waals surface area contributed by atoms with Crippen LogP contribution >= 0.6 is 0 Å². The third kappa shape index (κ3) is 5.56. The number of hydrogen-bond acceptors (Lipinski definition) is 8. The second-order valence-corrected chi connectivity index (χ2v) is 11.9. The minimum atomic E-state index is -0.682. The first kappa shape index (κ1) is 29.4. The van der Waals surface area contributed by atoms with Gasteiger partial charge in [0.1, 0.15) is 23.9 Å². The van der Waals surface area contributed by atoms with Crippen molar-refractivity contribution >= 4 is 17.2 Å². The number of hydrogen-bond donors (Lipinski definition) is 1. The molecule has 1 atom stereocenters. The molecule has 220 valence electrons. The number of nitro groups is 1. The van der Waals surface area contributed by atoms with Crippen molar-refractivity contribution in [1.82, 2.24) is 0 Å². The lowest BCUT2D eigenvalue weighted by Gasteiger charge is -2.44. The summed E-state index contributed by atoms with van der Waals surface area (Å²) < 4.78 is 11.3. The smallest absolute Gasteiger partial charge is 0.271 e. The summed E-state index contributed by atoms with van der Waals surface area (Å²) in [6.07, 6.45) is 0.813. The second kappa shape index (κ2) is 11.3. The van der Waals surface area contributed by atoms with Gasteiger partial charge in [0, 0.05) is 29.8 Å². The zero-order valence-electron chi connectivity index (χ0n) is 24.9. The van der Waals surface area contributed by atoms with Crippen molar-refractivity contribution in [2.75, 3.05) is 12.0 Å². The number of aryl methyl sites for hydroxylation is 2. The summed E-state index contributed by atoms with van der Waals surface area (Å²) in [6.45, 7) is 8.28. The van der Waals surface area contributed by atoms with Gasteiger partial charge < -0.3 is 15.2 Å². The Morgan fingerprint density at radius 3 is 2.42 bits per heavy atom. The molecule has 9 heteroatoms. The zero-order valence-corrected chi connectivity index (χ0v) is 24.9. The Bertz CT molecular complexity index is 1730. The minimum absolute atomic E-state index is 0.0667. The van der Waals surface area contributed by atoms with E-state index in [2.05, 4.69) is 6.07 Å². The van der Waals surface area contributed by atoms with E-state index in [1.165, 1.54) is 12.1 Å². The number of Topliss-reactive ketones (excluding diaryl/α,β-unsaturated/α-hetero) is 1. The molecular weight excluding hydrogens is 544 g/mol. The van der Waals surface area contributed by atoms with Gasteiger partial charge in [0.05, 0.1) is 35.3 Å². The van der Waals surface area contributed by atoms with Crippen molar-refractivity contribution in [3.05, 3.63) is 116 Å². The van der Waals surface area contributed by atoms with Gasteiger partial charge in [-0.1, -0.05) is 32.0 Å². The Balaban J connectivity index is 1.64. The lowest BCUT2D eigenvalue weighted by Crippen LogP contribution is -2.42. The molecule has 0 aromatic heterocycles. The molecule has 9 nitrogen and oxygen atoms in total. The van der Waals surface area contributed by atoms with Crippen LogP contribution in [0.25, 0.3) is 0 Å². The number of non-ortho nitro benzene ring substituents is 1. The van der Waals surface area contributed by atoms with Crippen molar-refractivity contribution < 1.29 is 19.2 Å². The maximum atomic E-state index is 14.0. The SMILES string of the molecule is COc1ccc(OCc2cc(C3C(C#N)=C(N)N(c4cccc([N+](=O)[O-])c4)C4=C3C(=O)CC(C)(C)C4)c(C)cc2C)cc1. The average Bonchev–Trinajstić information content (AvgIpc) is 2.96. The van der Waals surface area contributed by atoms with E-state index in [1.807, 2.05) is 64.1 Å². The molecule has 1 heterocycles. The first-order valence-electron chi connectivity index (χ1n) is 14.0. The number of rotatable bonds is 7. The number of ether oxygens (including phenoxy) is 2. The molecule has 3 aromatic carbocycles. The van der Waals surface area contributed by atoms with Gasteiger partial charge in [-0.05, 0) is 78.3 Å². The number of nitriles is 1. The van der Waals surface area contributed by atoms with Crippen LogP contribution in [-0.2, 0) is 11.4 Å². The summed E-state index contributed by atoms with van der Waals surface area (Å²) in [5.74, 6) is 0.828. The number of ketones is 1. The predicted octanol–water partition coefficient (Wildman–Crippen LogP) is 6.74. The molecule has 0 saturated carbocycles. The molecule has 2 aliphatic rings. The Hall–Kier alpha value is -5.10. The van der Waals surface area contributed by atoms with Crippen molar-refractivity contribution in [3.8, 4) is 17.6 Å². The van der Waals surface area contributed by atoms with Crippen LogP contribution in [0.15, 0.2) is 83.3 Å². The molecule has 1 aliphatic carbocycles.